The Morgan fingerprint density at radius 3 is 2.23 bits per heavy atom. The number of anilines is 2. The van der Waals surface area contributed by atoms with Gasteiger partial charge < -0.3 is 10.1 Å². The van der Waals surface area contributed by atoms with E-state index in [-0.39, 0.29) is 11.1 Å². The maximum absolute atomic E-state index is 12.5. The van der Waals surface area contributed by atoms with E-state index in [1.165, 1.54) is 6.07 Å². The van der Waals surface area contributed by atoms with E-state index in [4.69, 9.17) is 16.3 Å². The molecule has 0 aliphatic rings. The van der Waals surface area contributed by atoms with E-state index in [2.05, 4.69) is 5.32 Å². The van der Waals surface area contributed by atoms with Crippen LogP contribution < -0.4 is 5.32 Å². The smallest absolute Gasteiger partial charge is 0.348 e. The Bertz CT molecular complexity index is 960. The molecule has 6 heteroatoms. The average Bonchev–Trinajstić information content (AvgIpc) is 2.62. The predicted octanol–water partition coefficient (Wildman–Crippen LogP) is 5.69. The van der Waals surface area contributed by atoms with Crippen LogP contribution in [0, 0.1) is 3.57 Å². The zero-order valence-corrected chi connectivity index (χ0v) is 16.3. The standard InChI is InChI=1S/C20H13ClINO3/c21-13-10-11-15(17(22)12-13)19(24)26-20(25)16-8-4-5-9-18(16)23-14-6-2-1-3-7-14/h1-12,23H. The molecule has 26 heavy (non-hydrogen) atoms. The molecule has 0 spiro atoms. The molecule has 130 valence electrons. The van der Waals surface area contributed by atoms with Crippen molar-refractivity contribution in [1.82, 2.24) is 0 Å². The maximum atomic E-state index is 12.5. The first-order valence-corrected chi connectivity index (χ1v) is 9.13. The van der Waals surface area contributed by atoms with Gasteiger partial charge in [-0.15, -0.1) is 0 Å². The Hall–Kier alpha value is -2.38. The highest BCUT2D eigenvalue weighted by Gasteiger charge is 2.19. The number of rotatable bonds is 4. The van der Waals surface area contributed by atoms with Crippen molar-refractivity contribution in [2.45, 2.75) is 0 Å². The second-order valence-corrected chi connectivity index (χ2v) is 6.94. The molecule has 0 amide bonds. The van der Waals surface area contributed by atoms with E-state index in [0.29, 0.717) is 14.3 Å². The fourth-order valence-corrected chi connectivity index (χ4v) is 3.39. The van der Waals surface area contributed by atoms with Crippen molar-refractivity contribution in [1.29, 1.82) is 0 Å². The average molecular weight is 478 g/mol. The summed E-state index contributed by atoms with van der Waals surface area (Å²) in [4.78, 5) is 24.8. The fraction of sp³-hybridized carbons (Fsp3) is 0. The molecule has 0 unspecified atom stereocenters. The molecule has 0 aliphatic heterocycles. The zero-order chi connectivity index (χ0) is 18.5. The minimum atomic E-state index is -0.722. The van der Waals surface area contributed by atoms with E-state index >= 15 is 0 Å². The van der Waals surface area contributed by atoms with Crippen LogP contribution in [0.25, 0.3) is 0 Å². The normalized spacial score (nSPS) is 10.2. The highest BCUT2D eigenvalue weighted by molar-refractivity contribution is 14.1. The summed E-state index contributed by atoms with van der Waals surface area (Å²) in [5.74, 6) is -1.44. The first-order valence-electron chi connectivity index (χ1n) is 7.67. The van der Waals surface area contributed by atoms with Gasteiger partial charge in [0.05, 0.1) is 16.8 Å². The quantitative estimate of drug-likeness (QED) is 0.298. The topological polar surface area (TPSA) is 55.4 Å². The molecule has 3 aromatic carbocycles. The third-order valence-electron chi connectivity index (χ3n) is 3.54. The number of esters is 2. The van der Waals surface area contributed by atoms with Crippen LogP contribution in [0.1, 0.15) is 20.7 Å². The van der Waals surface area contributed by atoms with Crippen LogP contribution in [0.3, 0.4) is 0 Å². The van der Waals surface area contributed by atoms with Gasteiger partial charge in [0.25, 0.3) is 0 Å². The lowest BCUT2D eigenvalue weighted by Crippen LogP contribution is -2.15. The van der Waals surface area contributed by atoms with Crippen molar-refractivity contribution in [2.24, 2.45) is 0 Å². The van der Waals surface area contributed by atoms with E-state index in [1.54, 1.807) is 36.4 Å². The number of benzene rings is 3. The van der Waals surface area contributed by atoms with Crippen LogP contribution in [0.2, 0.25) is 5.02 Å². The highest BCUT2D eigenvalue weighted by atomic mass is 127. The molecule has 0 aliphatic carbocycles. The maximum Gasteiger partial charge on any atom is 0.348 e. The number of halogens is 2. The van der Waals surface area contributed by atoms with Crippen molar-refractivity contribution >= 4 is 57.5 Å². The summed E-state index contributed by atoms with van der Waals surface area (Å²) in [7, 11) is 0. The SMILES string of the molecule is O=C(OC(=O)c1ccccc1Nc1ccccc1)c1ccc(Cl)cc1I. The van der Waals surface area contributed by atoms with E-state index in [9.17, 15) is 9.59 Å². The largest absolute Gasteiger partial charge is 0.386 e. The van der Waals surface area contributed by atoms with Crippen LogP contribution in [0.4, 0.5) is 11.4 Å². The highest BCUT2D eigenvalue weighted by Crippen LogP contribution is 2.23. The molecule has 0 heterocycles. The molecular weight excluding hydrogens is 465 g/mol. The molecule has 1 N–H and O–H groups in total. The molecule has 0 atom stereocenters. The number of carbonyl (C=O) groups is 2. The second kappa shape index (κ2) is 8.33. The minimum absolute atomic E-state index is 0.272. The lowest BCUT2D eigenvalue weighted by Gasteiger charge is -2.11. The van der Waals surface area contributed by atoms with Gasteiger partial charge in [-0.1, -0.05) is 41.9 Å². The first-order chi connectivity index (χ1) is 12.5. The van der Waals surface area contributed by atoms with Gasteiger partial charge in [-0.2, -0.15) is 0 Å². The molecule has 0 bridgehead atoms. The van der Waals surface area contributed by atoms with Crippen molar-refractivity contribution in [2.75, 3.05) is 5.32 Å². The van der Waals surface area contributed by atoms with Crippen LogP contribution >= 0.6 is 34.2 Å². The van der Waals surface area contributed by atoms with Crippen LogP contribution in [0.15, 0.2) is 72.8 Å². The van der Waals surface area contributed by atoms with Crippen molar-refractivity contribution < 1.29 is 14.3 Å². The monoisotopic (exact) mass is 477 g/mol. The number of hydrogen-bond donors (Lipinski definition) is 1. The van der Waals surface area contributed by atoms with E-state index in [1.807, 2.05) is 52.9 Å². The molecule has 3 rings (SSSR count). The van der Waals surface area contributed by atoms with Gasteiger partial charge in [0.15, 0.2) is 0 Å². The van der Waals surface area contributed by atoms with Gasteiger partial charge in [-0.3, -0.25) is 0 Å². The van der Waals surface area contributed by atoms with Gasteiger partial charge in [-0.05, 0) is 65.1 Å². The fourth-order valence-electron chi connectivity index (χ4n) is 2.30. The number of para-hydroxylation sites is 2. The molecule has 0 saturated carbocycles. The first kappa shape index (κ1) is 18.4. The Balaban J connectivity index is 1.81. The van der Waals surface area contributed by atoms with E-state index in [0.717, 1.165) is 5.69 Å². The summed E-state index contributed by atoms with van der Waals surface area (Å²) in [5, 5.41) is 3.66. The van der Waals surface area contributed by atoms with E-state index < -0.39 is 11.9 Å². The Morgan fingerprint density at radius 1 is 0.846 bits per heavy atom. The third kappa shape index (κ3) is 4.42. The number of hydrogen-bond acceptors (Lipinski definition) is 4. The summed E-state index contributed by atoms with van der Waals surface area (Å²) in [6.07, 6.45) is 0. The molecule has 0 fully saturated rings. The summed E-state index contributed by atoms with van der Waals surface area (Å²) in [6.45, 7) is 0. The second-order valence-electron chi connectivity index (χ2n) is 5.34. The Morgan fingerprint density at radius 2 is 1.50 bits per heavy atom. The Kier molecular flexibility index (Phi) is 5.90. The van der Waals surface area contributed by atoms with Gasteiger partial charge in [-0.25, -0.2) is 9.59 Å². The summed E-state index contributed by atoms with van der Waals surface area (Å²) >= 11 is 7.86. The molecular formula is C20H13ClINO3. The zero-order valence-electron chi connectivity index (χ0n) is 13.4. The Labute approximate surface area is 169 Å². The minimum Gasteiger partial charge on any atom is -0.386 e. The molecule has 0 saturated heterocycles. The molecule has 0 aromatic heterocycles. The summed E-state index contributed by atoms with van der Waals surface area (Å²) in [5.41, 5.74) is 1.94. The summed E-state index contributed by atoms with van der Waals surface area (Å²) in [6, 6.07) is 21.0. The van der Waals surface area contributed by atoms with Crippen LogP contribution in [-0.4, -0.2) is 11.9 Å². The number of carbonyl (C=O) groups excluding carboxylic acids is 2. The van der Waals surface area contributed by atoms with Gasteiger partial charge in [0, 0.05) is 14.3 Å². The van der Waals surface area contributed by atoms with Gasteiger partial charge in [0.2, 0.25) is 0 Å². The van der Waals surface area contributed by atoms with Crippen LogP contribution in [-0.2, 0) is 4.74 Å². The summed E-state index contributed by atoms with van der Waals surface area (Å²) < 4.78 is 5.67. The number of ether oxygens (including phenoxy) is 1. The molecule has 4 nitrogen and oxygen atoms in total. The third-order valence-corrected chi connectivity index (χ3v) is 4.66. The van der Waals surface area contributed by atoms with Crippen LogP contribution in [0.5, 0.6) is 0 Å². The lowest BCUT2D eigenvalue weighted by molar-refractivity contribution is 0.0398. The molecule has 0 radical (unpaired) electrons. The van der Waals surface area contributed by atoms with Gasteiger partial charge >= 0.3 is 11.9 Å². The molecule has 3 aromatic rings. The predicted molar refractivity (Wildman–Crippen MR) is 110 cm³/mol. The van der Waals surface area contributed by atoms with Gasteiger partial charge in [0.1, 0.15) is 0 Å². The van der Waals surface area contributed by atoms with Crippen molar-refractivity contribution in [3.05, 3.63) is 92.5 Å². The van der Waals surface area contributed by atoms with Crippen molar-refractivity contribution in [3.63, 3.8) is 0 Å². The van der Waals surface area contributed by atoms with Crippen molar-refractivity contribution in [3.8, 4) is 0 Å². The lowest BCUT2D eigenvalue weighted by atomic mass is 10.1. The number of nitrogens with one attached hydrogen (secondary N) is 1.